The minimum absolute atomic E-state index is 0.0338. The lowest BCUT2D eigenvalue weighted by atomic mass is 9.99. The molecule has 2 rings (SSSR count). The molecule has 1 nitrogen and oxygen atoms in total. The molecule has 1 unspecified atom stereocenters. The van der Waals surface area contributed by atoms with Crippen LogP contribution < -0.4 is 5.73 Å². The van der Waals surface area contributed by atoms with Gasteiger partial charge >= 0.3 is 0 Å². The topological polar surface area (TPSA) is 26.0 Å². The Bertz CT molecular complexity index is 547. The Morgan fingerprint density at radius 3 is 2.44 bits per heavy atom. The molecule has 2 aromatic carbocycles. The molecule has 0 spiro atoms. The first kappa shape index (κ1) is 13.1. The van der Waals surface area contributed by atoms with Crippen molar-refractivity contribution in [2.75, 3.05) is 0 Å². The summed E-state index contributed by atoms with van der Waals surface area (Å²) in [7, 11) is 0. The van der Waals surface area contributed by atoms with Gasteiger partial charge in [-0.2, -0.15) is 0 Å². The van der Waals surface area contributed by atoms with Crippen LogP contribution in [-0.4, -0.2) is 0 Å². The van der Waals surface area contributed by atoms with Crippen LogP contribution in [0.2, 0.25) is 5.02 Å². The van der Waals surface area contributed by atoms with Crippen molar-refractivity contribution in [3.05, 3.63) is 58.6 Å². The third-order valence-electron chi connectivity index (χ3n) is 3.16. The number of halogens is 1. The maximum Gasteiger partial charge on any atom is 0.0459 e. The number of rotatable bonds is 3. The summed E-state index contributed by atoms with van der Waals surface area (Å²) < 4.78 is 0. The zero-order chi connectivity index (χ0) is 13.1. The van der Waals surface area contributed by atoms with Crippen LogP contribution in [-0.2, 0) is 6.42 Å². The molecule has 0 radical (unpaired) electrons. The van der Waals surface area contributed by atoms with E-state index < -0.39 is 0 Å². The lowest BCUT2D eigenvalue weighted by Gasteiger charge is -2.11. The molecular weight excluding hydrogens is 242 g/mol. The molecular formula is C16H18ClN. The SMILES string of the molecule is CCc1cccc(-c2ccc(C(C)N)c(Cl)c2)c1. The van der Waals surface area contributed by atoms with Crippen LogP contribution in [0.4, 0.5) is 0 Å². The second-order valence-corrected chi connectivity index (χ2v) is 4.99. The molecule has 0 heterocycles. The predicted molar refractivity (Wildman–Crippen MR) is 78.9 cm³/mol. The fourth-order valence-electron chi connectivity index (χ4n) is 2.05. The summed E-state index contributed by atoms with van der Waals surface area (Å²) in [4.78, 5) is 0. The van der Waals surface area contributed by atoms with Crippen molar-refractivity contribution in [2.24, 2.45) is 5.73 Å². The van der Waals surface area contributed by atoms with E-state index in [0.29, 0.717) is 0 Å². The van der Waals surface area contributed by atoms with E-state index in [1.54, 1.807) is 0 Å². The van der Waals surface area contributed by atoms with Crippen LogP contribution in [0.5, 0.6) is 0 Å². The van der Waals surface area contributed by atoms with Gasteiger partial charge in [0.15, 0.2) is 0 Å². The third kappa shape index (κ3) is 2.74. The molecule has 0 saturated carbocycles. The normalized spacial score (nSPS) is 12.4. The molecule has 18 heavy (non-hydrogen) atoms. The average molecular weight is 260 g/mol. The highest BCUT2D eigenvalue weighted by molar-refractivity contribution is 6.31. The molecule has 0 aliphatic carbocycles. The van der Waals surface area contributed by atoms with Gasteiger partial charge in [-0.05, 0) is 41.7 Å². The van der Waals surface area contributed by atoms with Gasteiger partial charge in [0.05, 0.1) is 0 Å². The Balaban J connectivity index is 2.42. The van der Waals surface area contributed by atoms with E-state index >= 15 is 0 Å². The van der Waals surface area contributed by atoms with Gasteiger partial charge in [0, 0.05) is 11.1 Å². The maximum absolute atomic E-state index is 6.27. The Labute approximate surface area is 114 Å². The van der Waals surface area contributed by atoms with Crippen molar-refractivity contribution < 1.29 is 0 Å². The fourth-order valence-corrected chi connectivity index (χ4v) is 2.40. The minimum Gasteiger partial charge on any atom is -0.324 e. The van der Waals surface area contributed by atoms with Crippen LogP contribution in [0, 0.1) is 0 Å². The van der Waals surface area contributed by atoms with Gasteiger partial charge in [-0.15, -0.1) is 0 Å². The van der Waals surface area contributed by atoms with E-state index in [1.165, 1.54) is 11.1 Å². The zero-order valence-electron chi connectivity index (χ0n) is 10.8. The molecule has 0 aliphatic rings. The van der Waals surface area contributed by atoms with Gasteiger partial charge in [-0.3, -0.25) is 0 Å². The largest absolute Gasteiger partial charge is 0.324 e. The van der Waals surface area contributed by atoms with Crippen LogP contribution in [0.3, 0.4) is 0 Å². The van der Waals surface area contributed by atoms with Gasteiger partial charge < -0.3 is 5.73 Å². The quantitative estimate of drug-likeness (QED) is 0.857. The van der Waals surface area contributed by atoms with Crippen LogP contribution in [0.1, 0.15) is 31.0 Å². The summed E-state index contributed by atoms with van der Waals surface area (Å²) in [5, 5.41) is 0.740. The van der Waals surface area contributed by atoms with Gasteiger partial charge in [0.1, 0.15) is 0 Å². The summed E-state index contributed by atoms with van der Waals surface area (Å²) in [6.07, 6.45) is 1.04. The number of nitrogens with two attached hydrogens (primary N) is 1. The zero-order valence-corrected chi connectivity index (χ0v) is 11.5. The van der Waals surface area contributed by atoms with Gasteiger partial charge in [-0.25, -0.2) is 0 Å². The van der Waals surface area contributed by atoms with Crippen molar-refractivity contribution in [1.29, 1.82) is 0 Å². The monoisotopic (exact) mass is 259 g/mol. The number of hydrogen-bond acceptors (Lipinski definition) is 1. The van der Waals surface area contributed by atoms with E-state index in [0.717, 1.165) is 22.6 Å². The average Bonchev–Trinajstić information content (AvgIpc) is 2.38. The van der Waals surface area contributed by atoms with E-state index in [1.807, 2.05) is 19.1 Å². The van der Waals surface area contributed by atoms with Crippen molar-refractivity contribution >= 4 is 11.6 Å². The highest BCUT2D eigenvalue weighted by atomic mass is 35.5. The predicted octanol–water partition coefficient (Wildman–Crippen LogP) is 4.59. The van der Waals surface area contributed by atoms with Crippen LogP contribution in [0.15, 0.2) is 42.5 Å². The van der Waals surface area contributed by atoms with Crippen molar-refractivity contribution in [3.8, 4) is 11.1 Å². The maximum atomic E-state index is 6.27. The lowest BCUT2D eigenvalue weighted by molar-refractivity contribution is 0.819. The van der Waals surface area contributed by atoms with Gasteiger partial charge in [0.25, 0.3) is 0 Å². The lowest BCUT2D eigenvalue weighted by Crippen LogP contribution is -2.05. The van der Waals surface area contributed by atoms with Crippen molar-refractivity contribution in [1.82, 2.24) is 0 Å². The van der Waals surface area contributed by atoms with Crippen LogP contribution in [0.25, 0.3) is 11.1 Å². The number of hydrogen-bond donors (Lipinski definition) is 1. The Kier molecular flexibility index (Phi) is 4.05. The first-order valence-electron chi connectivity index (χ1n) is 6.26. The second kappa shape index (κ2) is 5.55. The molecule has 2 aromatic rings. The minimum atomic E-state index is -0.0338. The first-order chi connectivity index (χ1) is 8.61. The summed E-state index contributed by atoms with van der Waals surface area (Å²) >= 11 is 6.27. The third-order valence-corrected chi connectivity index (χ3v) is 3.49. The molecule has 0 saturated heterocycles. The van der Waals surface area contributed by atoms with Crippen molar-refractivity contribution in [3.63, 3.8) is 0 Å². The highest BCUT2D eigenvalue weighted by Gasteiger charge is 2.07. The standard InChI is InChI=1S/C16H18ClN/c1-3-12-5-4-6-13(9-12)14-7-8-15(11(2)18)16(17)10-14/h4-11H,3,18H2,1-2H3. The first-order valence-corrected chi connectivity index (χ1v) is 6.64. The van der Waals surface area contributed by atoms with E-state index in [-0.39, 0.29) is 6.04 Å². The summed E-state index contributed by atoms with van der Waals surface area (Å²) in [6.45, 7) is 4.10. The van der Waals surface area contributed by atoms with Crippen LogP contribution >= 0.6 is 11.6 Å². The molecule has 0 aliphatic heterocycles. The molecule has 0 aromatic heterocycles. The van der Waals surface area contributed by atoms with Gasteiger partial charge in [-0.1, -0.05) is 54.9 Å². The number of aryl methyl sites for hydroxylation is 1. The van der Waals surface area contributed by atoms with Gasteiger partial charge in [0.2, 0.25) is 0 Å². The summed E-state index contributed by atoms with van der Waals surface area (Å²) in [5.41, 5.74) is 10.5. The Morgan fingerprint density at radius 1 is 1.11 bits per heavy atom. The smallest absolute Gasteiger partial charge is 0.0459 e. The fraction of sp³-hybridized carbons (Fsp3) is 0.250. The van der Waals surface area contributed by atoms with E-state index in [9.17, 15) is 0 Å². The molecule has 2 heteroatoms. The number of benzene rings is 2. The molecule has 0 fully saturated rings. The highest BCUT2D eigenvalue weighted by Crippen LogP contribution is 2.28. The second-order valence-electron chi connectivity index (χ2n) is 4.58. The summed E-state index contributed by atoms with van der Waals surface area (Å²) in [5.74, 6) is 0. The molecule has 2 N–H and O–H groups in total. The Morgan fingerprint density at radius 2 is 1.83 bits per heavy atom. The molecule has 0 amide bonds. The van der Waals surface area contributed by atoms with Crippen molar-refractivity contribution in [2.45, 2.75) is 26.3 Å². The van der Waals surface area contributed by atoms with E-state index in [4.69, 9.17) is 17.3 Å². The van der Waals surface area contributed by atoms with E-state index in [2.05, 4.69) is 37.3 Å². The molecule has 1 atom stereocenters. The molecule has 0 bridgehead atoms. The summed E-state index contributed by atoms with van der Waals surface area (Å²) in [6, 6.07) is 14.6. The Hall–Kier alpha value is -1.31. The molecule has 94 valence electrons.